The lowest BCUT2D eigenvalue weighted by atomic mass is 10.2. The van der Waals surface area contributed by atoms with E-state index in [1.54, 1.807) is 0 Å². The molecule has 4 heteroatoms. The first kappa shape index (κ1) is 6.94. The summed E-state index contributed by atoms with van der Waals surface area (Å²) in [6.45, 7) is 3.09. The monoisotopic (exact) mass is 115 g/mol. The summed E-state index contributed by atoms with van der Waals surface area (Å²) in [5, 5.41) is 0. The molecule has 4 nitrogen and oxygen atoms in total. The molecule has 0 heterocycles. The van der Waals surface area contributed by atoms with Crippen LogP contribution in [-0.2, 0) is 9.59 Å². The second kappa shape index (κ2) is 2.30. The van der Waals surface area contributed by atoms with Gasteiger partial charge in [0.2, 0.25) is 11.8 Å². The lowest BCUT2D eigenvalue weighted by Crippen LogP contribution is -2.32. The zero-order chi connectivity index (χ0) is 6.73. The molecule has 0 rings (SSSR count). The van der Waals surface area contributed by atoms with Crippen LogP contribution in [0.1, 0.15) is 0 Å². The summed E-state index contributed by atoms with van der Waals surface area (Å²) in [4.78, 5) is 20.0. The van der Waals surface area contributed by atoms with Gasteiger partial charge >= 0.3 is 0 Å². The van der Waals surface area contributed by atoms with Crippen LogP contribution in [0.5, 0.6) is 0 Å². The van der Waals surface area contributed by atoms with Crippen molar-refractivity contribution >= 4 is 11.8 Å². The minimum atomic E-state index is -1.10. The third-order valence-corrected chi connectivity index (χ3v) is 0.687. The first-order valence-corrected chi connectivity index (χ1v) is 1.97. The Morgan fingerprint density at radius 1 is 1.25 bits per heavy atom. The Kier molecular flexibility index (Phi) is 1.99. The van der Waals surface area contributed by atoms with E-state index >= 15 is 0 Å². The summed E-state index contributed by atoms with van der Waals surface area (Å²) in [6.07, 6.45) is 0. The van der Waals surface area contributed by atoms with Crippen molar-refractivity contribution in [2.75, 3.05) is 0 Å². The van der Waals surface area contributed by atoms with Gasteiger partial charge < -0.3 is 11.5 Å². The summed E-state index contributed by atoms with van der Waals surface area (Å²) >= 11 is 0. The highest BCUT2D eigenvalue weighted by molar-refractivity contribution is 5.99. The maximum atomic E-state index is 10.00. The average Bonchev–Trinajstić information content (AvgIpc) is 1.64. The van der Waals surface area contributed by atoms with E-state index in [1.165, 1.54) is 0 Å². The Morgan fingerprint density at radius 2 is 1.50 bits per heavy atom. The van der Waals surface area contributed by atoms with Gasteiger partial charge in [0.1, 0.15) is 5.92 Å². The molecule has 1 radical (unpaired) electrons. The molecule has 45 valence electrons. The largest absolute Gasteiger partial charge is 0.369 e. The van der Waals surface area contributed by atoms with E-state index < -0.39 is 17.7 Å². The molecule has 0 aliphatic heterocycles. The van der Waals surface area contributed by atoms with E-state index in [-0.39, 0.29) is 0 Å². The van der Waals surface area contributed by atoms with Crippen LogP contribution in [0, 0.1) is 12.8 Å². The molecule has 0 unspecified atom stereocenters. The highest BCUT2D eigenvalue weighted by Gasteiger charge is 2.13. The highest BCUT2D eigenvalue weighted by Crippen LogP contribution is 1.86. The Hall–Kier alpha value is -1.06. The van der Waals surface area contributed by atoms with Crippen molar-refractivity contribution in [2.24, 2.45) is 17.4 Å². The van der Waals surface area contributed by atoms with Gasteiger partial charge in [0, 0.05) is 0 Å². The van der Waals surface area contributed by atoms with E-state index in [0.29, 0.717) is 0 Å². The average molecular weight is 115 g/mol. The third kappa shape index (κ3) is 1.59. The minimum Gasteiger partial charge on any atom is -0.369 e. The van der Waals surface area contributed by atoms with Gasteiger partial charge in [0.05, 0.1) is 0 Å². The Labute approximate surface area is 46.8 Å². The Bertz CT molecular complexity index is 107. The molecule has 8 heavy (non-hydrogen) atoms. The summed E-state index contributed by atoms with van der Waals surface area (Å²) < 4.78 is 0. The van der Waals surface area contributed by atoms with Crippen LogP contribution >= 0.6 is 0 Å². The van der Waals surface area contributed by atoms with Crippen LogP contribution in [-0.4, -0.2) is 11.8 Å². The molecule has 0 aromatic carbocycles. The normalized spacial score (nSPS) is 9.25. The number of rotatable bonds is 2. The second-order valence-electron chi connectivity index (χ2n) is 1.36. The molecular formula is C4H7N2O2. The lowest BCUT2D eigenvalue weighted by molar-refractivity contribution is -0.129. The van der Waals surface area contributed by atoms with Crippen molar-refractivity contribution in [2.45, 2.75) is 0 Å². The Morgan fingerprint density at radius 3 is 1.50 bits per heavy atom. The first-order valence-electron chi connectivity index (χ1n) is 1.97. The molecule has 0 saturated heterocycles. The van der Waals surface area contributed by atoms with Crippen molar-refractivity contribution in [1.29, 1.82) is 0 Å². The molecule has 0 aliphatic carbocycles. The third-order valence-electron chi connectivity index (χ3n) is 0.687. The minimum absolute atomic E-state index is 0.794. The van der Waals surface area contributed by atoms with Crippen LogP contribution in [0.25, 0.3) is 0 Å². The number of hydrogen-bond acceptors (Lipinski definition) is 2. The first-order chi connectivity index (χ1) is 3.55. The smallest absolute Gasteiger partial charge is 0.229 e. The fourth-order valence-electron chi connectivity index (χ4n) is 0.140. The van der Waals surface area contributed by atoms with E-state index in [9.17, 15) is 9.59 Å². The number of nitrogens with two attached hydrogens (primary N) is 2. The summed E-state index contributed by atoms with van der Waals surface area (Å²) in [5.41, 5.74) is 9.27. The van der Waals surface area contributed by atoms with Gasteiger partial charge in [-0.05, 0) is 6.92 Å². The van der Waals surface area contributed by atoms with E-state index in [4.69, 9.17) is 0 Å². The van der Waals surface area contributed by atoms with Crippen LogP contribution in [0.4, 0.5) is 0 Å². The Balaban J connectivity index is 3.83. The molecule has 0 bridgehead atoms. The van der Waals surface area contributed by atoms with Crippen LogP contribution in [0.15, 0.2) is 0 Å². The standard InChI is InChI=1S/C4H7N2O2/c1-2(3(5)7)4(6)8/h2H,1H2,(H2,5,7)(H2,6,8). The maximum absolute atomic E-state index is 10.00. The quantitative estimate of drug-likeness (QED) is 0.425. The van der Waals surface area contributed by atoms with Crippen molar-refractivity contribution < 1.29 is 9.59 Å². The molecule has 0 aromatic heterocycles. The number of hydrogen-bond donors (Lipinski definition) is 2. The molecule has 0 spiro atoms. The van der Waals surface area contributed by atoms with E-state index in [1.807, 2.05) is 0 Å². The topological polar surface area (TPSA) is 86.2 Å². The fourth-order valence-corrected chi connectivity index (χ4v) is 0.140. The van der Waals surface area contributed by atoms with Gasteiger partial charge in [-0.15, -0.1) is 0 Å². The van der Waals surface area contributed by atoms with Crippen molar-refractivity contribution in [3.63, 3.8) is 0 Å². The molecular weight excluding hydrogens is 108 g/mol. The van der Waals surface area contributed by atoms with Crippen LogP contribution in [0.3, 0.4) is 0 Å². The van der Waals surface area contributed by atoms with Gasteiger partial charge in [-0.2, -0.15) is 0 Å². The SMILES string of the molecule is [CH2]C(C(N)=O)C(N)=O. The number of carbonyl (C=O) groups is 2. The van der Waals surface area contributed by atoms with Crippen LogP contribution in [0.2, 0.25) is 0 Å². The number of carbonyl (C=O) groups excluding carboxylic acids is 2. The molecule has 0 saturated carbocycles. The number of primary amides is 2. The van der Waals surface area contributed by atoms with Gasteiger partial charge in [0.25, 0.3) is 0 Å². The molecule has 4 N–H and O–H groups in total. The van der Waals surface area contributed by atoms with Crippen molar-refractivity contribution in [3.05, 3.63) is 6.92 Å². The summed E-state index contributed by atoms with van der Waals surface area (Å²) in [6, 6.07) is 0. The van der Waals surface area contributed by atoms with E-state index in [2.05, 4.69) is 18.4 Å². The fraction of sp³-hybridized carbons (Fsp3) is 0.250. The molecule has 0 atom stereocenters. The van der Waals surface area contributed by atoms with Gasteiger partial charge in [-0.25, -0.2) is 0 Å². The summed E-state index contributed by atoms with van der Waals surface area (Å²) in [7, 11) is 0. The van der Waals surface area contributed by atoms with Crippen molar-refractivity contribution in [3.8, 4) is 0 Å². The van der Waals surface area contributed by atoms with Gasteiger partial charge in [0.15, 0.2) is 0 Å². The summed E-state index contributed by atoms with van der Waals surface area (Å²) in [5.74, 6) is -2.69. The zero-order valence-electron chi connectivity index (χ0n) is 4.26. The zero-order valence-corrected chi connectivity index (χ0v) is 4.26. The van der Waals surface area contributed by atoms with Gasteiger partial charge in [-0.1, -0.05) is 0 Å². The highest BCUT2D eigenvalue weighted by atomic mass is 16.2. The van der Waals surface area contributed by atoms with Crippen molar-refractivity contribution in [1.82, 2.24) is 0 Å². The van der Waals surface area contributed by atoms with Gasteiger partial charge in [-0.3, -0.25) is 9.59 Å². The lowest BCUT2D eigenvalue weighted by Gasteiger charge is -1.97. The predicted octanol–water partition coefficient (Wildman–Crippen LogP) is -1.59. The maximum Gasteiger partial charge on any atom is 0.229 e. The van der Waals surface area contributed by atoms with Crippen LogP contribution < -0.4 is 11.5 Å². The predicted molar refractivity (Wildman–Crippen MR) is 27.2 cm³/mol. The number of amides is 2. The van der Waals surface area contributed by atoms with E-state index in [0.717, 1.165) is 0 Å². The molecule has 0 aromatic rings. The molecule has 2 amide bonds. The second-order valence-corrected chi connectivity index (χ2v) is 1.36. The molecule has 0 aliphatic rings. The molecule has 0 fully saturated rings.